The fourth-order valence-corrected chi connectivity index (χ4v) is 2.09. The van der Waals surface area contributed by atoms with Gasteiger partial charge in [0.25, 0.3) is 0 Å². The van der Waals surface area contributed by atoms with Gasteiger partial charge in [0.05, 0.1) is 4.83 Å². The molecule has 3 nitrogen and oxygen atoms in total. The second-order valence-corrected chi connectivity index (χ2v) is 6.24. The molecule has 1 aromatic rings. The van der Waals surface area contributed by atoms with Gasteiger partial charge < -0.3 is 5.32 Å². The van der Waals surface area contributed by atoms with Gasteiger partial charge in [0.1, 0.15) is 0 Å². The SMILES string of the molecule is CCN(CC)Cc1ccccc1NC(=O)C(Br)C(C)C. The Kier molecular flexibility index (Phi) is 7.24. The zero-order chi connectivity index (χ0) is 15.1. The van der Waals surface area contributed by atoms with E-state index in [1.165, 1.54) is 0 Å². The molecule has 20 heavy (non-hydrogen) atoms. The Morgan fingerprint density at radius 1 is 1.25 bits per heavy atom. The molecule has 0 aliphatic carbocycles. The summed E-state index contributed by atoms with van der Waals surface area (Å²) in [6, 6.07) is 8.02. The molecular formula is C16H25BrN2O. The maximum absolute atomic E-state index is 12.2. The third-order valence-electron chi connectivity index (χ3n) is 3.40. The number of hydrogen-bond acceptors (Lipinski definition) is 2. The van der Waals surface area contributed by atoms with Gasteiger partial charge in [-0.15, -0.1) is 0 Å². The van der Waals surface area contributed by atoms with Crippen LogP contribution < -0.4 is 5.32 Å². The molecule has 1 aromatic carbocycles. The minimum absolute atomic E-state index is 0.0204. The summed E-state index contributed by atoms with van der Waals surface area (Å²) >= 11 is 3.45. The molecule has 0 saturated heterocycles. The third-order valence-corrected chi connectivity index (χ3v) is 4.87. The van der Waals surface area contributed by atoms with E-state index >= 15 is 0 Å². The molecule has 0 spiro atoms. The average Bonchev–Trinajstić information content (AvgIpc) is 2.45. The van der Waals surface area contributed by atoms with Crippen molar-refractivity contribution in [2.75, 3.05) is 18.4 Å². The summed E-state index contributed by atoms with van der Waals surface area (Å²) in [5, 5.41) is 3.03. The number of halogens is 1. The molecule has 0 radical (unpaired) electrons. The molecule has 1 atom stereocenters. The number of amides is 1. The number of para-hydroxylation sites is 1. The first-order valence-electron chi connectivity index (χ1n) is 7.24. The van der Waals surface area contributed by atoms with Crippen molar-refractivity contribution in [3.05, 3.63) is 29.8 Å². The van der Waals surface area contributed by atoms with Crippen LogP contribution in [0, 0.1) is 5.92 Å². The molecule has 0 saturated carbocycles. The average molecular weight is 341 g/mol. The van der Waals surface area contributed by atoms with Crippen LogP contribution in [0.1, 0.15) is 33.3 Å². The second-order valence-electron chi connectivity index (χ2n) is 5.25. The lowest BCUT2D eigenvalue weighted by molar-refractivity contribution is -0.116. The van der Waals surface area contributed by atoms with Crippen LogP contribution in [-0.2, 0) is 11.3 Å². The second kappa shape index (κ2) is 8.42. The highest BCUT2D eigenvalue weighted by Crippen LogP contribution is 2.20. The van der Waals surface area contributed by atoms with E-state index in [-0.39, 0.29) is 16.7 Å². The lowest BCUT2D eigenvalue weighted by atomic mass is 10.1. The summed E-state index contributed by atoms with van der Waals surface area (Å²) in [6.07, 6.45) is 0. The van der Waals surface area contributed by atoms with Crippen LogP contribution >= 0.6 is 15.9 Å². The van der Waals surface area contributed by atoms with Crippen LogP contribution in [0.2, 0.25) is 0 Å². The number of carbonyl (C=O) groups is 1. The Bertz CT molecular complexity index is 430. The maximum Gasteiger partial charge on any atom is 0.238 e. The van der Waals surface area contributed by atoms with Crippen LogP contribution in [-0.4, -0.2) is 28.7 Å². The molecular weight excluding hydrogens is 316 g/mol. The van der Waals surface area contributed by atoms with E-state index in [0.29, 0.717) is 0 Å². The van der Waals surface area contributed by atoms with Gasteiger partial charge in [0.2, 0.25) is 5.91 Å². The normalized spacial score (nSPS) is 12.8. The van der Waals surface area contributed by atoms with Gasteiger partial charge in [0, 0.05) is 12.2 Å². The van der Waals surface area contributed by atoms with E-state index in [0.717, 1.165) is 30.9 Å². The quantitative estimate of drug-likeness (QED) is 0.763. The highest BCUT2D eigenvalue weighted by molar-refractivity contribution is 9.10. The van der Waals surface area contributed by atoms with Gasteiger partial charge in [-0.3, -0.25) is 9.69 Å². The van der Waals surface area contributed by atoms with Crippen LogP contribution in [0.5, 0.6) is 0 Å². The summed E-state index contributed by atoms with van der Waals surface area (Å²) in [4.78, 5) is 14.3. The summed E-state index contributed by atoms with van der Waals surface area (Å²) in [6.45, 7) is 11.2. The van der Waals surface area contributed by atoms with E-state index in [4.69, 9.17) is 0 Å². The van der Waals surface area contributed by atoms with E-state index in [1.807, 2.05) is 32.0 Å². The van der Waals surface area contributed by atoms with Crippen molar-refractivity contribution < 1.29 is 4.79 Å². The number of benzene rings is 1. The van der Waals surface area contributed by atoms with Crippen molar-refractivity contribution in [2.24, 2.45) is 5.92 Å². The van der Waals surface area contributed by atoms with Gasteiger partial charge in [-0.25, -0.2) is 0 Å². The molecule has 1 N–H and O–H groups in total. The fourth-order valence-electron chi connectivity index (χ4n) is 1.97. The van der Waals surface area contributed by atoms with Crippen LogP contribution in [0.25, 0.3) is 0 Å². The Labute approximate surface area is 130 Å². The maximum atomic E-state index is 12.2. The molecule has 1 rings (SSSR count). The molecule has 0 aromatic heterocycles. The molecule has 0 heterocycles. The number of rotatable bonds is 7. The molecule has 4 heteroatoms. The third kappa shape index (κ3) is 4.91. The van der Waals surface area contributed by atoms with E-state index < -0.39 is 0 Å². The molecule has 1 amide bonds. The van der Waals surface area contributed by atoms with Crippen LogP contribution in [0.4, 0.5) is 5.69 Å². The van der Waals surface area contributed by atoms with E-state index in [2.05, 4.69) is 46.1 Å². The predicted molar refractivity (Wildman–Crippen MR) is 89.2 cm³/mol. The Hall–Kier alpha value is -0.870. The molecule has 0 fully saturated rings. The topological polar surface area (TPSA) is 32.3 Å². The number of carbonyl (C=O) groups excluding carboxylic acids is 1. The van der Waals surface area contributed by atoms with Crippen LogP contribution in [0.15, 0.2) is 24.3 Å². The van der Waals surface area contributed by atoms with Crippen molar-refractivity contribution in [1.29, 1.82) is 0 Å². The first-order chi connectivity index (χ1) is 9.49. The summed E-state index contributed by atoms with van der Waals surface area (Å²) < 4.78 is 0. The highest BCUT2D eigenvalue weighted by Gasteiger charge is 2.19. The van der Waals surface area contributed by atoms with E-state index in [9.17, 15) is 4.79 Å². The van der Waals surface area contributed by atoms with Crippen LogP contribution in [0.3, 0.4) is 0 Å². The van der Waals surface area contributed by atoms with Crippen molar-refractivity contribution in [2.45, 2.75) is 39.1 Å². The smallest absolute Gasteiger partial charge is 0.238 e. The summed E-state index contributed by atoms with van der Waals surface area (Å²) in [5.74, 6) is 0.289. The van der Waals surface area contributed by atoms with Crippen molar-refractivity contribution in [3.63, 3.8) is 0 Å². The van der Waals surface area contributed by atoms with Crippen molar-refractivity contribution in [1.82, 2.24) is 4.90 Å². The Morgan fingerprint density at radius 3 is 2.40 bits per heavy atom. The van der Waals surface area contributed by atoms with Gasteiger partial charge in [-0.05, 0) is 30.6 Å². The minimum atomic E-state index is -0.163. The zero-order valence-electron chi connectivity index (χ0n) is 12.8. The first kappa shape index (κ1) is 17.2. The number of anilines is 1. The predicted octanol–water partition coefficient (Wildman–Crippen LogP) is 3.89. The highest BCUT2D eigenvalue weighted by atomic mass is 79.9. The standard InChI is InChI=1S/C16H25BrN2O/c1-5-19(6-2)11-13-9-7-8-10-14(13)18-16(20)15(17)12(3)4/h7-10,12,15H,5-6,11H2,1-4H3,(H,18,20). The van der Waals surface area contributed by atoms with Gasteiger partial charge >= 0.3 is 0 Å². The molecule has 0 aliphatic heterocycles. The summed E-state index contributed by atoms with van der Waals surface area (Å²) in [5.41, 5.74) is 2.07. The lowest BCUT2D eigenvalue weighted by Gasteiger charge is -2.21. The monoisotopic (exact) mass is 340 g/mol. The lowest BCUT2D eigenvalue weighted by Crippen LogP contribution is -2.28. The molecule has 0 bridgehead atoms. The van der Waals surface area contributed by atoms with Crippen molar-refractivity contribution >= 4 is 27.5 Å². The van der Waals surface area contributed by atoms with Gasteiger partial charge in [0.15, 0.2) is 0 Å². The Balaban J connectivity index is 2.82. The van der Waals surface area contributed by atoms with Gasteiger partial charge in [-0.1, -0.05) is 61.8 Å². The zero-order valence-corrected chi connectivity index (χ0v) is 14.4. The number of nitrogens with zero attached hydrogens (tertiary/aromatic N) is 1. The molecule has 1 unspecified atom stereocenters. The first-order valence-corrected chi connectivity index (χ1v) is 8.16. The fraction of sp³-hybridized carbons (Fsp3) is 0.562. The van der Waals surface area contributed by atoms with Crippen molar-refractivity contribution in [3.8, 4) is 0 Å². The minimum Gasteiger partial charge on any atom is -0.325 e. The number of alkyl halides is 1. The van der Waals surface area contributed by atoms with Gasteiger partial charge in [-0.2, -0.15) is 0 Å². The Morgan fingerprint density at radius 2 is 1.85 bits per heavy atom. The number of nitrogens with one attached hydrogen (secondary N) is 1. The largest absolute Gasteiger partial charge is 0.325 e. The molecule has 112 valence electrons. The molecule has 0 aliphatic rings. The van der Waals surface area contributed by atoms with E-state index in [1.54, 1.807) is 0 Å². The summed E-state index contributed by atoms with van der Waals surface area (Å²) in [7, 11) is 0. The number of hydrogen-bond donors (Lipinski definition) is 1.